The van der Waals surface area contributed by atoms with Crippen LogP contribution in [-0.4, -0.2) is 94.5 Å². The van der Waals surface area contributed by atoms with Crippen LogP contribution in [0.15, 0.2) is 22.7 Å². The van der Waals surface area contributed by atoms with E-state index in [1.54, 1.807) is 0 Å². The Morgan fingerprint density at radius 3 is 2.69 bits per heavy atom. The van der Waals surface area contributed by atoms with Crippen molar-refractivity contribution in [3.8, 4) is 0 Å². The third-order valence-corrected chi connectivity index (χ3v) is 12.1. The Morgan fingerprint density at radius 1 is 1.17 bits per heavy atom. The van der Waals surface area contributed by atoms with E-state index >= 15 is 0 Å². The van der Waals surface area contributed by atoms with Gasteiger partial charge < -0.3 is 25.1 Å². The molecule has 0 amide bonds. The van der Waals surface area contributed by atoms with Crippen molar-refractivity contribution in [3.05, 3.63) is 28.2 Å². The molecule has 192 valence electrons. The Labute approximate surface area is 217 Å². The van der Waals surface area contributed by atoms with Crippen LogP contribution < -0.4 is 4.90 Å². The third kappa shape index (κ3) is 2.78. The van der Waals surface area contributed by atoms with Crippen molar-refractivity contribution in [1.29, 1.82) is 0 Å². The quantitative estimate of drug-likeness (QED) is 0.495. The zero-order chi connectivity index (χ0) is 24.3. The fourth-order valence-corrected chi connectivity index (χ4v) is 11.0. The number of rotatable bonds is 5. The third-order valence-electron chi connectivity index (χ3n) is 11.6. The number of aliphatic hydroxyl groups is 3. The van der Waals surface area contributed by atoms with Gasteiger partial charge in [0.2, 0.25) is 0 Å². The molecule has 1 aromatic rings. The normalized spacial score (nSPS) is 48.3. The first-order valence-electron chi connectivity index (χ1n) is 14.0. The molecule has 7 aliphatic rings. The minimum atomic E-state index is -0.452. The van der Waals surface area contributed by atoms with Crippen LogP contribution >= 0.6 is 15.9 Å². The number of likely N-dealkylation sites (tertiary alicyclic amines) is 1. The topological polar surface area (TPSA) is 67.2 Å². The van der Waals surface area contributed by atoms with E-state index in [4.69, 9.17) is 0 Å². The lowest BCUT2D eigenvalue weighted by molar-refractivity contribution is -1.04. The van der Waals surface area contributed by atoms with E-state index in [1.807, 2.05) is 0 Å². The number of piperidine rings is 5. The molecule has 1 saturated carbocycles. The first kappa shape index (κ1) is 23.4. The van der Waals surface area contributed by atoms with E-state index < -0.39 is 18.4 Å². The lowest BCUT2D eigenvalue weighted by atomic mass is 9.60. The molecule has 1 unspecified atom stereocenters. The van der Waals surface area contributed by atoms with Gasteiger partial charge in [-0.05, 0) is 62.0 Å². The number of anilines is 1. The monoisotopic (exact) mass is 546 g/mol. The van der Waals surface area contributed by atoms with Crippen LogP contribution in [0, 0.1) is 17.8 Å². The molecule has 7 heteroatoms. The van der Waals surface area contributed by atoms with Crippen molar-refractivity contribution in [2.75, 3.05) is 38.1 Å². The summed E-state index contributed by atoms with van der Waals surface area (Å²) in [5, 5.41) is 35.9. The van der Waals surface area contributed by atoms with E-state index in [0.29, 0.717) is 23.5 Å². The minimum Gasteiger partial charge on any atom is -0.392 e. The van der Waals surface area contributed by atoms with Gasteiger partial charge in [0.25, 0.3) is 0 Å². The molecule has 1 aliphatic carbocycles. The van der Waals surface area contributed by atoms with Gasteiger partial charge in [-0.25, -0.2) is 0 Å². The second-order valence-electron chi connectivity index (χ2n) is 12.7. The van der Waals surface area contributed by atoms with Gasteiger partial charge in [0.1, 0.15) is 18.7 Å². The zero-order valence-electron chi connectivity index (χ0n) is 21.1. The number of hydrogen-bond donors (Lipinski definition) is 3. The zero-order valence-corrected chi connectivity index (χ0v) is 22.6. The number of fused-ring (bicyclic) bond motifs is 2. The Hall–Kier alpha value is -0.700. The van der Waals surface area contributed by atoms with Gasteiger partial charge >= 0.3 is 0 Å². The predicted molar refractivity (Wildman–Crippen MR) is 139 cm³/mol. The lowest BCUT2D eigenvalue weighted by Gasteiger charge is -2.68. The Bertz CT molecular complexity index is 1020. The summed E-state index contributed by atoms with van der Waals surface area (Å²) in [5.41, 5.74) is 2.25. The van der Waals surface area contributed by atoms with E-state index in [9.17, 15) is 15.3 Å². The molecule has 3 N–H and O–H groups in total. The number of nitrogens with zero attached hydrogens (tertiary/aromatic N) is 3. The summed E-state index contributed by atoms with van der Waals surface area (Å²) in [7, 11) is 2.20. The molecular weight excluding hydrogens is 506 g/mol. The largest absolute Gasteiger partial charge is 0.392 e. The van der Waals surface area contributed by atoms with Crippen LogP contribution in [-0.2, 0) is 5.41 Å². The highest BCUT2D eigenvalue weighted by Gasteiger charge is 2.83. The molecule has 6 aliphatic heterocycles. The highest BCUT2D eigenvalue weighted by Crippen LogP contribution is 2.71. The Balaban J connectivity index is 1.33. The Morgan fingerprint density at radius 2 is 1.94 bits per heavy atom. The molecule has 5 bridgehead atoms. The number of aliphatic hydroxyl groups excluding tert-OH is 3. The Kier molecular flexibility index (Phi) is 5.29. The summed E-state index contributed by atoms with van der Waals surface area (Å²) in [6.45, 7) is 5.67. The fraction of sp³-hybridized carbons (Fsp3) is 0.786. The van der Waals surface area contributed by atoms with Crippen LogP contribution in [0.2, 0.25) is 0 Å². The molecular formula is C28H41BrN3O3+. The van der Waals surface area contributed by atoms with Crippen LogP contribution in [0.1, 0.15) is 51.0 Å². The van der Waals surface area contributed by atoms with Gasteiger partial charge in [-0.1, -0.05) is 29.3 Å². The molecule has 1 spiro atoms. The van der Waals surface area contributed by atoms with Gasteiger partial charge in [-0.3, -0.25) is 4.48 Å². The highest BCUT2D eigenvalue weighted by atomic mass is 79.9. The SMILES string of the molecule is CC[C@H]1[C@@H]2C[C@@H]3[C@H]4N(C)c5ccc(Br)cc5[C@]45C[C@@H]([C@@H]2[C@@H]5O)[N+]3(C[C@H](O)CN2CCCCC2)[C@@H]1O. The molecule has 6 heterocycles. The maximum Gasteiger partial charge on any atom is 0.194 e. The molecule has 8 rings (SSSR count). The number of halogens is 1. The summed E-state index contributed by atoms with van der Waals surface area (Å²) >= 11 is 3.71. The molecule has 6 nitrogen and oxygen atoms in total. The van der Waals surface area contributed by atoms with Crippen molar-refractivity contribution in [1.82, 2.24) is 4.90 Å². The van der Waals surface area contributed by atoms with Crippen molar-refractivity contribution >= 4 is 21.6 Å². The molecule has 0 radical (unpaired) electrons. The van der Waals surface area contributed by atoms with Crippen LogP contribution in [0.25, 0.3) is 0 Å². The number of hydrogen-bond acceptors (Lipinski definition) is 5. The smallest absolute Gasteiger partial charge is 0.194 e. The van der Waals surface area contributed by atoms with Crippen LogP contribution in [0.5, 0.6) is 0 Å². The fourth-order valence-electron chi connectivity index (χ4n) is 10.6. The standard InChI is InChI=1S/C28H41BrN3O3/c1-3-18-19-12-22-25-28(20-11-16(29)7-8-21(20)30(25)2)13-23(24(19)26(28)34)32(22,27(18)35)15-17(33)14-31-9-5-4-6-10-31/h7-8,11,17-19,22-27,33-35H,3-6,9-10,12-15H2,1-2H3/q+1/t17-,18+,19+,22-,23+,24-,25-,26+,27-,28-,32?/m1/s1. The van der Waals surface area contributed by atoms with Crippen molar-refractivity contribution < 1.29 is 19.8 Å². The second kappa shape index (κ2) is 7.90. The summed E-state index contributed by atoms with van der Waals surface area (Å²) in [6.07, 6.45) is 5.33. The number of quaternary nitrogens is 1. The first-order valence-corrected chi connectivity index (χ1v) is 14.8. The van der Waals surface area contributed by atoms with Crippen molar-refractivity contribution in [3.63, 3.8) is 0 Å². The van der Waals surface area contributed by atoms with Crippen LogP contribution in [0.4, 0.5) is 5.69 Å². The van der Waals surface area contributed by atoms with Gasteiger partial charge in [0, 0.05) is 48.4 Å². The van der Waals surface area contributed by atoms with E-state index in [1.165, 1.54) is 30.5 Å². The lowest BCUT2D eigenvalue weighted by Crippen LogP contribution is -2.84. The van der Waals surface area contributed by atoms with E-state index in [0.717, 1.165) is 36.8 Å². The van der Waals surface area contributed by atoms with Crippen LogP contribution in [0.3, 0.4) is 0 Å². The number of β-amino-alcohol motifs (C(OH)–C–C–N with tert-alkyl or cyclic N) is 1. The van der Waals surface area contributed by atoms with E-state index in [-0.39, 0.29) is 35.4 Å². The average molecular weight is 548 g/mol. The summed E-state index contributed by atoms with van der Waals surface area (Å²) in [5.74, 6) is 0.768. The maximum absolute atomic E-state index is 12.2. The molecule has 35 heavy (non-hydrogen) atoms. The number of benzene rings is 1. The highest BCUT2D eigenvalue weighted by molar-refractivity contribution is 9.10. The van der Waals surface area contributed by atoms with Gasteiger partial charge in [0.15, 0.2) is 6.23 Å². The first-order chi connectivity index (χ1) is 16.8. The minimum absolute atomic E-state index is 0.155. The van der Waals surface area contributed by atoms with Crippen molar-refractivity contribution in [2.45, 2.75) is 87.4 Å². The summed E-state index contributed by atoms with van der Waals surface area (Å²) in [4.78, 5) is 4.85. The molecule has 5 saturated heterocycles. The maximum atomic E-state index is 12.2. The second-order valence-corrected chi connectivity index (χ2v) is 13.6. The summed E-state index contributed by atoms with van der Waals surface area (Å²) < 4.78 is 1.68. The van der Waals surface area contributed by atoms with Gasteiger partial charge in [-0.2, -0.15) is 0 Å². The van der Waals surface area contributed by atoms with Gasteiger partial charge in [0.05, 0.1) is 23.6 Å². The van der Waals surface area contributed by atoms with E-state index in [2.05, 4.69) is 57.9 Å². The molecule has 0 aromatic heterocycles. The molecule has 6 fully saturated rings. The van der Waals surface area contributed by atoms with Gasteiger partial charge in [-0.15, -0.1) is 0 Å². The average Bonchev–Trinajstić information content (AvgIpc) is 3.22. The molecule has 11 atom stereocenters. The van der Waals surface area contributed by atoms with Crippen molar-refractivity contribution in [2.24, 2.45) is 17.8 Å². The molecule has 1 aromatic carbocycles. The number of likely N-dealkylation sites (N-methyl/N-ethyl adjacent to an activating group) is 1. The summed E-state index contributed by atoms with van der Waals surface area (Å²) in [6, 6.07) is 7.18. The predicted octanol–water partition coefficient (Wildman–Crippen LogP) is 2.68.